The Morgan fingerprint density at radius 2 is 1.46 bits per heavy atom. The highest BCUT2D eigenvalue weighted by Crippen LogP contribution is 2.49. The van der Waals surface area contributed by atoms with Crippen LogP contribution in [-0.4, -0.2) is 27.2 Å². The molecule has 5 nitrogen and oxygen atoms in total. The van der Waals surface area contributed by atoms with Crippen molar-refractivity contribution < 1.29 is 19.0 Å². The number of carbonyl (C=O) groups excluding carboxylic acids is 1. The molecule has 1 aliphatic rings. The van der Waals surface area contributed by atoms with Gasteiger partial charge in [0.25, 0.3) is 5.91 Å². The van der Waals surface area contributed by atoms with E-state index in [-0.39, 0.29) is 16.7 Å². The quantitative estimate of drug-likeness (QED) is 0.397. The van der Waals surface area contributed by atoms with Crippen molar-refractivity contribution in [2.75, 3.05) is 21.3 Å². The van der Waals surface area contributed by atoms with E-state index < -0.39 is 0 Å². The first kappa shape index (κ1) is 25.1. The van der Waals surface area contributed by atoms with Crippen molar-refractivity contribution in [3.05, 3.63) is 64.0 Å². The number of benzene rings is 2. The number of rotatable bonds is 7. The number of ether oxygens (including phenoxy) is 3. The summed E-state index contributed by atoms with van der Waals surface area (Å²) in [7, 11) is 4.92. The summed E-state index contributed by atoms with van der Waals surface area (Å²) >= 11 is 1.49. The lowest BCUT2D eigenvalue weighted by atomic mass is 9.63. The van der Waals surface area contributed by atoms with Gasteiger partial charge in [-0.15, -0.1) is 11.3 Å². The SMILES string of the molecule is COc1ccc(CNC(=O)c2ccc(-c3cc4c(cc3OC)C(C)(C)CCC4(C)C)s2)cc1OC. The van der Waals surface area contributed by atoms with Crippen molar-refractivity contribution in [3.8, 4) is 27.7 Å². The molecule has 0 aliphatic heterocycles. The summed E-state index contributed by atoms with van der Waals surface area (Å²) in [5.74, 6) is 2.06. The van der Waals surface area contributed by atoms with Crippen LogP contribution in [0.15, 0.2) is 42.5 Å². The highest BCUT2D eigenvalue weighted by Gasteiger charge is 2.38. The van der Waals surface area contributed by atoms with Gasteiger partial charge >= 0.3 is 0 Å². The molecule has 0 saturated carbocycles. The molecule has 3 aromatic rings. The molecule has 0 fully saturated rings. The van der Waals surface area contributed by atoms with Crippen molar-refractivity contribution in [2.24, 2.45) is 0 Å². The standard InChI is InChI=1S/C29H35NO4S/c1-28(2)12-13-29(3,4)21-16-23(33-6)19(15-20(21)28)25-10-11-26(35-25)27(31)30-17-18-8-9-22(32-5)24(14-18)34-7/h8-11,14-16H,12-13,17H2,1-7H3,(H,30,31). The maximum absolute atomic E-state index is 12.9. The Bertz CT molecular complexity index is 1240. The molecule has 0 bridgehead atoms. The third-order valence-corrected chi connectivity index (χ3v) is 8.29. The number of carbonyl (C=O) groups is 1. The van der Waals surface area contributed by atoms with E-state index in [2.05, 4.69) is 45.1 Å². The zero-order valence-corrected chi connectivity index (χ0v) is 22.5. The van der Waals surface area contributed by atoms with E-state index in [1.807, 2.05) is 30.3 Å². The molecule has 2 aromatic carbocycles. The lowest BCUT2D eigenvalue weighted by molar-refractivity contribution is 0.0955. The fourth-order valence-corrected chi connectivity index (χ4v) is 5.76. The van der Waals surface area contributed by atoms with Gasteiger partial charge in [-0.2, -0.15) is 0 Å². The van der Waals surface area contributed by atoms with Crippen LogP contribution in [0.1, 0.15) is 66.9 Å². The topological polar surface area (TPSA) is 56.8 Å². The van der Waals surface area contributed by atoms with Gasteiger partial charge in [0.15, 0.2) is 11.5 Å². The second-order valence-corrected chi connectivity index (χ2v) is 11.5. The van der Waals surface area contributed by atoms with Crippen LogP contribution < -0.4 is 19.5 Å². The van der Waals surface area contributed by atoms with E-state index in [0.29, 0.717) is 22.9 Å². The largest absolute Gasteiger partial charge is 0.496 e. The number of methoxy groups -OCH3 is 3. The number of hydrogen-bond acceptors (Lipinski definition) is 5. The predicted molar refractivity (Wildman–Crippen MR) is 142 cm³/mol. The third-order valence-electron chi connectivity index (χ3n) is 7.17. The van der Waals surface area contributed by atoms with Crippen molar-refractivity contribution >= 4 is 17.2 Å². The molecule has 1 amide bonds. The molecule has 0 atom stereocenters. The van der Waals surface area contributed by atoms with Gasteiger partial charge in [-0.25, -0.2) is 0 Å². The number of fused-ring (bicyclic) bond motifs is 1. The average Bonchev–Trinajstić information content (AvgIpc) is 3.34. The van der Waals surface area contributed by atoms with Gasteiger partial charge in [0.1, 0.15) is 5.75 Å². The molecule has 35 heavy (non-hydrogen) atoms. The van der Waals surface area contributed by atoms with Crippen molar-refractivity contribution in [1.82, 2.24) is 5.32 Å². The van der Waals surface area contributed by atoms with E-state index in [9.17, 15) is 4.79 Å². The molecular weight excluding hydrogens is 458 g/mol. The minimum atomic E-state index is -0.102. The summed E-state index contributed by atoms with van der Waals surface area (Å²) in [6, 6.07) is 14.0. The Morgan fingerprint density at radius 3 is 2.09 bits per heavy atom. The van der Waals surface area contributed by atoms with Crippen LogP contribution >= 0.6 is 11.3 Å². The monoisotopic (exact) mass is 493 g/mol. The van der Waals surface area contributed by atoms with Gasteiger partial charge < -0.3 is 19.5 Å². The molecule has 0 spiro atoms. The molecule has 186 valence electrons. The van der Waals surface area contributed by atoms with Crippen LogP contribution in [0.4, 0.5) is 0 Å². The number of amides is 1. The second-order valence-electron chi connectivity index (χ2n) is 10.4. The zero-order valence-electron chi connectivity index (χ0n) is 21.7. The van der Waals surface area contributed by atoms with Gasteiger partial charge in [0.2, 0.25) is 0 Å². The van der Waals surface area contributed by atoms with Gasteiger partial charge in [-0.05, 0) is 76.8 Å². The fourth-order valence-electron chi connectivity index (χ4n) is 4.82. The second kappa shape index (κ2) is 9.57. The molecule has 6 heteroatoms. The first-order valence-electron chi connectivity index (χ1n) is 11.9. The van der Waals surface area contributed by atoms with Crippen LogP contribution in [-0.2, 0) is 17.4 Å². The summed E-state index contributed by atoms with van der Waals surface area (Å²) in [6.45, 7) is 9.66. The predicted octanol–water partition coefficient (Wildman–Crippen LogP) is 6.72. The molecule has 1 aliphatic carbocycles. The molecule has 1 aromatic heterocycles. The Labute approximate surface area is 212 Å². The third kappa shape index (κ3) is 4.90. The molecule has 4 rings (SSSR count). The van der Waals surface area contributed by atoms with E-state index in [1.165, 1.54) is 22.5 Å². The highest BCUT2D eigenvalue weighted by molar-refractivity contribution is 7.17. The maximum Gasteiger partial charge on any atom is 0.261 e. The fraction of sp³-hybridized carbons (Fsp3) is 0.414. The van der Waals surface area contributed by atoms with Crippen molar-refractivity contribution in [2.45, 2.75) is 57.9 Å². The molecule has 0 saturated heterocycles. The lowest BCUT2D eigenvalue weighted by Crippen LogP contribution is -2.33. The van der Waals surface area contributed by atoms with E-state index >= 15 is 0 Å². The van der Waals surface area contributed by atoms with E-state index in [4.69, 9.17) is 14.2 Å². The van der Waals surface area contributed by atoms with Gasteiger partial charge in [0.05, 0.1) is 26.2 Å². The minimum Gasteiger partial charge on any atom is -0.496 e. The maximum atomic E-state index is 12.9. The normalized spacial score (nSPS) is 15.7. The van der Waals surface area contributed by atoms with Crippen LogP contribution in [0.3, 0.4) is 0 Å². The van der Waals surface area contributed by atoms with Gasteiger partial charge in [-0.1, -0.05) is 33.8 Å². The van der Waals surface area contributed by atoms with Crippen LogP contribution in [0.2, 0.25) is 0 Å². The first-order chi connectivity index (χ1) is 16.6. The summed E-state index contributed by atoms with van der Waals surface area (Å²) in [5, 5.41) is 3.02. The zero-order chi connectivity index (χ0) is 25.4. The number of hydrogen-bond donors (Lipinski definition) is 1. The van der Waals surface area contributed by atoms with Crippen LogP contribution in [0.5, 0.6) is 17.2 Å². The number of thiophene rings is 1. The van der Waals surface area contributed by atoms with Crippen LogP contribution in [0.25, 0.3) is 10.4 Å². The minimum absolute atomic E-state index is 0.1000. The average molecular weight is 494 g/mol. The molecule has 1 N–H and O–H groups in total. The molecular formula is C29H35NO4S. The summed E-state index contributed by atoms with van der Waals surface area (Å²) in [4.78, 5) is 14.6. The van der Waals surface area contributed by atoms with E-state index in [0.717, 1.165) is 34.6 Å². The Morgan fingerprint density at radius 1 is 0.829 bits per heavy atom. The number of nitrogens with one attached hydrogen (secondary N) is 1. The van der Waals surface area contributed by atoms with Gasteiger partial charge in [0, 0.05) is 17.0 Å². The van der Waals surface area contributed by atoms with Crippen LogP contribution in [0, 0.1) is 0 Å². The lowest BCUT2D eigenvalue weighted by Gasteiger charge is -2.42. The summed E-state index contributed by atoms with van der Waals surface area (Å²) in [5.41, 5.74) is 4.93. The smallest absolute Gasteiger partial charge is 0.261 e. The van der Waals surface area contributed by atoms with E-state index in [1.54, 1.807) is 21.3 Å². The summed E-state index contributed by atoms with van der Waals surface area (Å²) in [6.07, 6.45) is 2.30. The molecule has 1 heterocycles. The van der Waals surface area contributed by atoms with Crippen molar-refractivity contribution in [1.29, 1.82) is 0 Å². The molecule has 0 unspecified atom stereocenters. The molecule has 0 radical (unpaired) electrons. The van der Waals surface area contributed by atoms with Gasteiger partial charge in [-0.3, -0.25) is 4.79 Å². The Hall–Kier alpha value is -2.99. The Balaban J connectivity index is 1.58. The van der Waals surface area contributed by atoms with Crippen molar-refractivity contribution in [3.63, 3.8) is 0 Å². The first-order valence-corrected chi connectivity index (χ1v) is 12.7. The summed E-state index contributed by atoms with van der Waals surface area (Å²) < 4.78 is 16.5. The highest BCUT2D eigenvalue weighted by atomic mass is 32.1. The Kier molecular flexibility index (Phi) is 6.87.